The Kier molecular flexibility index (Phi) is 5.46. The van der Waals surface area contributed by atoms with Crippen LogP contribution in [0.5, 0.6) is 0 Å². The van der Waals surface area contributed by atoms with E-state index in [-0.39, 0.29) is 11.4 Å². The molecule has 0 radical (unpaired) electrons. The monoisotopic (exact) mass is 333 g/mol. The Morgan fingerprint density at radius 3 is 2.48 bits per heavy atom. The molecule has 0 unspecified atom stereocenters. The summed E-state index contributed by atoms with van der Waals surface area (Å²) >= 11 is 0. The minimum absolute atomic E-state index is 0.0580. The fourth-order valence-electron chi connectivity index (χ4n) is 1.99. The maximum atomic E-state index is 12.3. The molecule has 0 spiro atoms. The normalized spacial score (nSPS) is 11.4. The lowest BCUT2D eigenvalue weighted by Crippen LogP contribution is -2.35. The van der Waals surface area contributed by atoms with Gasteiger partial charge in [0, 0.05) is 25.1 Å². The van der Waals surface area contributed by atoms with E-state index < -0.39 is 15.9 Å². The van der Waals surface area contributed by atoms with Gasteiger partial charge in [-0.1, -0.05) is 19.1 Å². The second-order valence-electron chi connectivity index (χ2n) is 5.05. The minimum atomic E-state index is -3.73. The maximum absolute atomic E-state index is 12.3. The van der Waals surface area contributed by atoms with Crippen LogP contribution in [0.1, 0.15) is 12.5 Å². The van der Waals surface area contributed by atoms with Crippen molar-refractivity contribution in [2.45, 2.75) is 18.2 Å². The molecule has 2 aromatic rings. The minimum Gasteiger partial charge on any atom is -0.325 e. The Bertz CT molecular complexity index is 759. The number of nitrogens with one attached hydrogen (secondary N) is 1. The van der Waals surface area contributed by atoms with Gasteiger partial charge in [-0.05, 0) is 36.2 Å². The van der Waals surface area contributed by atoms with Crippen LogP contribution in [0.4, 0.5) is 5.69 Å². The summed E-state index contributed by atoms with van der Waals surface area (Å²) < 4.78 is 25.6. The van der Waals surface area contributed by atoms with E-state index in [2.05, 4.69) is 10.3 Å². The highest BCUT2D eigenvalue weighted by Gasteiger charge is 2.23. The number of sulfonamides is 1. The molecule has 1 aromatic heterocycles. The summed E-state index contributed by atoms with van der Waals surface area (Å²) in [5, 5.41) is 2.69. The first-order chi connectivity index (χ1) is 10.9. The lowest BCUT2D eigenvalue weighted by atomic mass is 10.1. The Morgan fingerprint density at radius 1 is 1.22 bits per heavy atom. The van der Waals surface area contributed by atoms with Crippen LogP contribution in [-0.4, -0.2) is 37.2 Å². The van der Waals surface area contributed by atoms with E-state index in [1.807, 2.05) is 19.1 Å². The van der Waals surface area contributed by atoms with Gasteiger partial charge in [0.25, 0.3) is 0 Å². The summed E-state index contributed by atoms with van der Waals surface area (Å²) in [5.41, 5.74) is 1.80. The number of hydrogen-bond acceptors (Lipinski definition) is 4. The van der Waals surface area contributed by atoms with Crippen LogP contribution in [-0.2, 0) is 21.2 Å². The lowest BCUT2D eigenvalue weighted by molar-refractivity contribution is -0.116. The second-order valence-corrected chi connectivity index (χ2v) is 7.09. The summed E-state index contributed by atoms with van der Waals surface area (Å²) in [6, 6.07) is 10.4. The lowest BCUT2D eigenvalue weighted by Gasteiger charge is -2.16. The number of rotatable bonds is 6. The number of carbonyl (C=O) groups is 1. The molecule has 2 rings (SSSR count). The summed E-state index contributed by atoms with van der Waals surface area (Å²) in [6.45, 7) is 1.78. The van der Waals surface area contributed by atoms with Gasteiger partial charge in [0.05, 0.1) is 6.54 Å². The van der Waals surface area contributed by atoms with Gasteiger partial charge in [-0.2, -0.15) is 4.31 Å². The zero-order chi connectivity index (χ0) is 16.9. The Balaban J connectivity index is 2.01. The van der Waals surface area contributed by atoms with E-state index in [0.29, 0.717) is 5.69 Å². The van der Waals surface area contributed by atoms with Crippen LogP contribution in [0.2, 0.25) is 0 Å². The van der Waals surface area contributed by atoms with E-state index in [9.17, 15) is 13.2 Å². The fraction of sp³-hybridized carbons (Fsp3) is 0.250. The average molecular weight is 333 g/mol. The predicted molar refractivity (Wildman–Crippen MR) is 88.5 cm³/mol. The largest absolute Gasteiger partial charge is 0.325 e. The van der Waals surface area contributed by atoms with Gasteiger partial charge >= 0.3 is 0 Å². The van der Waals surface area contributed by atoms with Crippen LogP contribution in [0.15, 0.2) is 53.7 Å². The number of carbonyl (C=O) groups excluding carboxylic acids is 1. The Morgan fingerprint density at radius 2 is 1.91 bits per heavy atom. The highest BCUT2D eigenvalue weighted by atomic mass is 32.2. The van der Waals surface area contributed by atoms with Gasteiger partial charge in [0.15, 0.2) is 0 Å². The third-order valence-corrected chi connectivity index (χ3v) is 5.14. The molecule has 0 fully saturated rings. The molecule has 1 N–H and O–H groups in total. The molecule has 0 aliphatic rings. The van der Waals surface area contributed by atoms with Crippen molar-refractivity contribution in [1.29, 1.82) is 0 Å². The molecule has 7 heteroatoms. The molecule has 6 nitrogen and oxygen atoms in total. The van der Waals surface area contributed by atoms with Crippen molar-refractivity contribution < 1.29 is 13.2 Å². The van der Waals surface area contributed by atoms with Crippen molar-refractivity contribution >= 4 is 21.6 Å². The zero-order valence-corrected chi connectivity index (χ0v) is 13.9. The van der Waals surface area contributed by atoms with Gasteiger partial charge in [-0.3, -0.25) is 9.78 Å². The summed E-state index contributed by atoms with van der Waals surface area (Å²) in [4.78, 5) is 15.9. The van der Waals surface area contributed by atoms with E-state index in [1.54, 1.807) is 12.1 Å². The Hall–Kier alpha value is -2.25. The number of amides is 1. The number of benzene rings is 1. The van der Waals surface area contributed by atoms with Crippen molar-refractivity contribution in [1.82, 2.24) is 9.29 Å². The summed E-state index contributed by atoms with van der Waals surface area (Å²) in [6.07, 6.45) is 3.67. The number of anilines is 1. The van der Waals surface area contributed by atoms with E-state index >= 15 is 0 Å². The van der Waals surface area contributed by atoms with Crippen molar-refractivity contribution in [3.63, 3.8) is 0 Å². The van der Waals surface area contributed by atoms with Crippen LogP contribution < -0.4 is 5.32 Å². The van der Waals surface area contributed by atoms with Gasteiger partial charge in [-0.15, -0.1) is 0 Å². The molecule has 1 amide bonds. The van der Waals surface area contributed by atoms with E-state index in [4.69, 9.17) is 0 Å². The molecule has 122 valence electrons. The van der Waals surface area contributed by atoms with E-state index in [1.165, 1.54) is 37.1 Å². The molecular formula is C16H19N3O3S. The van der Waals surface area contributed by atoms with E-state index in [0.717, 1.165) is 10.7 Å². The van der Waals surface area contributed by atoms with Crippen LogP contribution in [0, 0.1) is 0 Å². The molecule has 1 aromatic carbocycles. The van der Waals surface area contributed by atoms with Gasteiger partial charge in [0.2, 0.25) is 15.9 Å². The summed E-state index contributed by atoms with van der Waals surface area (Å²) in [5.74, 6) is -0.399. The van der Waals surface area contributed by atoms with Crippen molar-refractivity contribution in [2.75, 3.05) is 18.9 Å². The van der Waals surface area contributed by atoms with Crippen LogP contribution >= 0.6 is 0 Å². The number of pyridine rings is 1. The SMILES string of the molecule is CCc1ccc(NC(=O)CN(C)S(=O)(=O)c2cccnc2)cc1. The van der Waals surface area contributed by atoms with Gasteiger partial charge in [-0.25, -0.2) is 8.42 Å². The third kappa shape index (κ3) is 4.37. The average Bonchev–Trinajstić information content (AvgIpc) is 2.56. The zero-order valence-electron chi connectivity index (χ0n) is 13.1. The predicted octanol–water partition coefficient (Wildman–Crippen LogP) is 1.90. The molecule has 0 atom stereocenters. The van der Waals surface area contributed by atoms with Crippen molar-refractivity contribution in [3.05, 3.63) is 54.4 Å². The number of hydrogen-bond donors (Lipinski definition) is 1. The first-order valence-electron chi connectivity index (χ1n) is 7.18. The molecule has 0 bridgehead atoms. The van der Waals surface area contributed by atoms with Crippen molar-refractivity contribution in [2.24, 2.45) is 0 Å². The molecule has 0 aliphatic carbocycles. The maximum Gasteiger partial charge on any atom is 0.244 e. The molecule has 1 heterocycles. The topological polar surface area (TPSA) is 79.4 Å². The molecule has 0 saturated carbocycles. The molecule has 23 heavy (non-hydrogen) atoms. The standard InChI is InChI=1S/C16H19N3O3S/c1-3-13-6-8-14(9-7-13)18-16(20)12-19(2)23(21,22)15-5-4-10-17-11-15/h4-11H,3,12H2,1-2H3,(H,18,20). The number of aromatic nitrogens is 1. The third-order valence-electron chi connectivity index (χ3n) is 3.35. The second kappa shape index (κ2) is 7.34. The highest BCUT2D eigenvalue weighted by molar-refractivity contribution is 7.89. The molecule has 0 aliphatic heterocycles. The molecule has 0 saturated heterocycles. The number of aryl methyl sites for hydroxylation is 1. The molecular weight excluding hydrogens is 314 g/mol. The van der Waals surface area contributed by atoms with Gasteiger partial charge < -0.3 is 5.32 Å². The number of likely N-dealkylation sites (N-methyl/N-ethyl adjacent to an activating group) is 1. The first kappa shape index (κ1) is 17.1. The van der Waals surface area contributed by atoms with Gasteiger partial charge in [0.1, 0.15) is 4.90 Å². The first-order valence-corrected chi connectivity index (χ1v) is 8.62. The number of nitrogens with zero attached hydrogens (tertiary/aromatic N) is 2. The Labute approximate surface area is 136 Å². The van der Waals surface area contributed by atoms with Crippen molar-refractivity contribution in [3.8, 4) is 0 Å². The quantitative estimate of drug-likeness (QED) is 0.876. The highest BCUT2D eigenvalue weighted by Crippen LogP contribution is 2.13. The van der Waals surface area contributed by atoms with Crippen LogP contribution in [0.3, 0.4) is 0 Å². The summed E-state index contributed by atoms with van der Waals surface area (Å²) in [7, 11) is -2.36. The van der Waals surface area contributed by atoms with Crippen LogP contribution in [0.25, 0.3) is 0 Å². The smallest absolute Gasteiger partial charge is 0.244 e. The fourth-order valence-corrected chi connectivity index (χ4v) is 3.08.